The fourth-order valence-electron chi connectivity index (χ4n) is 1.22. The van der Waals surface area contributed by atoms with Crippen molar-refractivity contribution in [1.82, 2.24) is 0 Å². The first-order valence-corrected chi connectivity index (χ1v) is 4.77. The maximum Gasteiger partial charge on any atom is 0.120 e. The molecule has 1 saturated heterocycles. The largest absolute Gasteiger partial charge is 0.327 e. The standard InChI is InChI=1S/C7H13NOS/c8-7-5-10-4-2-6(7)1-3-9/h3,6-7H,1-2,4-5,8H2. The van der Waals surface area contributed by atoms with E-state index in [1.54, 1.807) is 0 Å². The molecule has 1 aliphatic rings. The van der Waals surface area contributed by atoms with Gasteiger partial charge in [0.2, 0.25) is 0 Å². The second kappa shape index (κ2) is 3.98. The van der Waals surface area contributed by atoms with Crippen molar-refractivity contribution in [1.29, 1.82) is 0 Å². The van der Waals surface area contributed by atoms with Crippen LogP contribution < -0.4 is 5.73 Å². The van der Waals surface area contributed by atoms with Gasteiger partial charge in [-0.3, -0.25) is 0 Å². The minimum Gasteiger partial charge on any atom is -0.327 e. The average molecular weight is 159 g/mol. The fraction of sp³-hybridized carbons (Fsp3) is 0.857. The van der Waals surface area contributed by atoms with Gasteiger partial charge in [-0.25, -0.2) is 0 Å². The minimum atomic E-state index is 0.254. The van der Waals surface area contributed by atoms with Crippen LogP contribution in [0, 0.1) is 5.92 Å². The fourth-order valence-corrected chi connectivity index (χ4v) is 2.40. The third-order valence-electron chi connectivity index (χ3n) is 1.95. The van der Waals surface area contributed by atoms with Crippen molar-refractivity contribution in [3.05, 3.63) is 0 Å². The maximum absolute atomic E-state index is 10.2. The van der Waals surface area contributed by atoms with E-state index in [1.165, 1.54) is 5.75 Å². The van der Waals surface area contributed by atoms with Gasteiger partial charge in [0, 0.05) is 18.2 Å². The van der Waals surface area contributed by atoms with E-state index in [0.29, 0.717) is 12.3 Å². The van der Waals surface area contributed by atoms with Crippen molar-refractivity contribution in [2.24, 2.45) is 11.7 Å². The Balaban J connectivity index is 2.32. The normalized spacial score (nSPS) is 33.7. The van der Waals surface area contributed by atoms with E-state index in [2.05, 4.69) is 0 Å². The van der Waals surface area contributed by atoms with Crippen molar-refractivity contribution >= 4 is 18.0 Å². The van der Waals surface area contributed by atoms with Crippen LogP contribution in [0.25, 0.3) is 0 Å². The summed E-state index contributed by atoms with van der Waals surface area (Å²) in [5.74, 6) is 2.66. The summed E-state index contributed by atoms with van der Waals surface area (Å²) in [7, 11) is 0. The van der Waals surface area contributed by atoms with E-state index in [9.17, 15) is 4.79 Å². The van der Waals surface area contributed by atoms with E-state index >= 15 is 0 Å². The van der Waals surface area contributed by atoms with Crippen molar-refractivity contribution in [2.45, 2.75) is 18.9 Å². The number of hydrogen-bond acceptors (Lipinski definition) is 3. The Labute approximate surface area is 65.5 Å². The van der Waals surface area contributed by atoms with Crippen molar-refractivity contribution in [3.63, 3.8) is 0 Å². The summed E-state index contributed by atoms with van der Waals surface area (Å²) in [6.45, 7) is 0. The highest BCUT2D eigenvalue weighted by Gasteiger charge is 2.20. The topological polar surface area (TPSA) is 43.1 Å². The van der Waals surface area contributed by atoms with E-state index in [-0.39, 0.29) is 6.04 Å². The molecule has 0 radical (unpaired) electrons. The first-order valence-electron chi connectivity index (χ1n) is 3.61. The van der Waals surface area contributed by atoms with Crippen LogP contribution in [0.1, 0.15) is 12.8 Å². The van der Waals surface area contributed by atoms with Crippen LogP contribution >= 0.6 is 11.8 Å². The number of hydrogen-bond donors (Lipinski definition) is 1. The summed E-state index contributed by atoms with van der Waals surface area (Å²) >= 11 is 1.89. The predicted molar refractivity (Wildman–Crippen MR) is 44.1 cm³/mol. The van der Waals surface area contributed by atoms with Gasteiger partial charge >= 0.3 is 0 Å². The molecular weight excluding hydrogens is 146 g/mol. The molecule has 58 valence electrons. The molecule has 2 nitrogen and oxygen atoms in total. The molecule has 0 aromatic heterocycles. The Morgan fingerprint density at radius 2 is 2.50 bits per heavy atom. The Morgan fingerprint density at radius 1 is 1.70 bits per heavy atom. The van der Waals surface area contributed by atoms with Crippen LogP contribution in [-0.2, 0) is 4.79 Å². The molecule has 2 atom stereocenters. The molecule has 1 heterocycles. The molecular formula is C7H13NOS. The van der Waals surface area contributed by atoms with Gasteiger partial charge in [0.1, 0.15) is 6.29 Å². The predicted octanol–water partition coefficient (Wildman–Crippen LogP) is 0.656. The van der Waals surface area contributed by atoms with Gasteiger partial charge in [-0.15, -0.1) is 0 Å². The molecule has 0 amide bonds. The molecule has 3 heteroatoms. The molecule has 0 aromatic carbocycles. The summed E-state index contributed by atoms with van der Waals surface area (Å²) in [5, 5.41) is 0. The molecule has 2 unspecified atom stereocenters. The second-order valence-electron chi connectivity index (χ2n) is 2.69. The minimum absolute atomic E-state index is 0.254. The Bertz CT molecular complexity index is 118. The number of rotatable bonds is 2. The molecule has 0 bridgehead atoms. The molecule has 0 aromatic rings. The van der Waals surface area contributed by atoms with Crippen LogP contribution in [0.15, 0.2) is 0 Å². The highest BCUT2D eigenvalue weighted by atomic mass is 32.2. The maximum atomic E-state index is 10.2. The van der Waals surface area contributed by atoms with Crippen LogP contribution in [0.5, 0.6) is 0 Å². The highest BCUT2D eigenvalue weighted by molar-refractivity contribution is 7.99. The molecule has 0 spiro atoms. The zero-order chi connectivity index (χ0) is 7.40. The van der Waals surface area contributed by atoms with E-state index in [4.69, 9.17) is 5.73 Å². The Kier molecular flexibility index (Phi) is 3.22. The third-order valence-corrected chi connectivity index (χ3v) is 3.09. The van der Waals surface area contributed by atoms with Crippen molar-refractivity contribution < 1.29 is 4.79 Å². The summed E-state index contributed by atoms with van der Waals surface area (Å²) in [4.78, 5) is 10.2. The Hall–Kier alpha value is -0.0200. The zero-order valence-corrected chi connectivity index (χ0v) is 6.77. The molecule has 0 aliphatic carbocycles. The van der Waals surface area contributed by atoms with Crippen LogP contribution in [0.4, 0.5) is 0 Å². The molecule has 2 N–H and O–H groups in total. The second-order valence-corrected chi connectivity index (χ2v) is 3.84. The lowest BCUT2D eigenvalue weighted by Crippen LogP contribution is -2.36. The summed E-state index contributed by atoms with van der Waals surface area (Å²) < 4.78 is 0. The van der Waals surface area contributed by atoms with Crippen LogP contribution in [0.2, 0.25) is 0 Å². The molecule has 10 heavy (non-hydrogen) atoms. The number of carbonyl (C=O) groups is 1. The Morgan fingerprint density at radius 3 is 3.10 bits per heavy atom. The first-order chi connectivity index (χ1) is 4.84. The molecule has 0 saturated carbocycles. The lowest BCUT2D eigenvalue weighted by Gasteiger charge is -2.26. The zero-order valence-electron chi connectivity index (χ0n) is 5.95. The van der Waals surface area contributed by atoms with Gasteiger partial charge in [-0.1, -0.05) is 0 Å². The molecule has 1 rings (SSSR count). The van der Waals surface area contributed by atoms with E-state index in [1.807, 2.05) is 11.8 Å². The number of nitrogens with two attached hydrogens (primary N) is 1. The van der Waals surface area contributed by atoms with E-state index in [0.717, 1.165) is 18.5 Å². The van der Waals surface area contributed by atoms with Crippen LogP contribution in [-0.4, -0.2) is 23.8 Å². The van der Waals surface area contributed by atoms with Gasteiger partial charge in [-0.2, -0.15) is 11.8 Å². The van der Waals surface area contributed by atoms with Gasteiger partial charge < -0.3 is 10.5 Å². The SMILES string of the molecule is NC1CSCCC1CC=O. The van der Waals surface area contributed by atoms with Gasteiger partial charge in [0.05, 0.1) is 0 Å². The van der Waals surface area contributed by atoms with Crippen molar-refractivity contribution in [2.75, 3.05) is 11.5 Å². The summed E-state index contributed by atoms with van der Waals surface area (Å²) in [6.07, 6.45) is 2.76. The third kappa shape index (κ3) is 1.99. The lowest BCUT2D eigenvalue weighted by molar-refractivity contribution is -0.108. The number of thioether (sulfide) groups is 1. The van der Waals surface area contributed by atoms with Crippen LogP contribution in [0.3, 0.4) is 0 Å². The van der Waals surface area contributed by atoms with Gasteiger partial charge in [0.25, 0.3) is 0 Å². The average Bonchev–Trinajstić information content (AvgIpc) is 1.94. The summed E-state index contributed by atoms with van der Waals surface area (Å²) in [6, 6.07) is 0.254. The number of carbonyl (C=O) groups excluding carboxylic acids is 1. The molecule has 1 aliphatic heterocycles. The smallest absolute Gasteiger partial charge is 0.120 e. The van der Waals surface area contributed by atoms with E-state index < -0.39 is 0 Å². The summed E-state index contributed by atoms with van der Waals surface area (Å²) in [5.41, 5.74) is 5.79. The first kappa shape index (κ1) is 8.08. The monoisotopic (exact) mass is 159 g/mol. The van der Waals surface area contributed by atoms with Gasteiger partial charge in [0.15, 0.2) is 0 Å². The highest BCUT2D eigenvalue weighted by Crippen LogP contribution is 2.23. The molecule has 1 fully saturated rings. The van der Waals surface area contributed by atoms with Crippen molar-refractivity contribution in [3.8, 4) is 0 Å². The number of aldehydes is 1. The quantitative estimate of drug-likeness (QED) is 0.602. The van der Waals surface area contributed by atoms with Gasteiger partial charge in [-0.05, 0) is 18.1 Å². The lowest BCUT2D eigenvalue weighted by atomic mass is 9.95.